The van der Waals surface area contributed by atoms with E-state index in [-0.39, 0.29) is 18.0 Å². The summed E-state index contributed by atoms with van der Waals surface area (Å²) in [7, 11) is -2.27. The third-order valence-corrected chi connectivity index (χ3v) is 7.35. The summed E-state index contributed by atoms with van der Waals surface area (Å²) in [5, 5.41) is 0. The number of alkyl halides is 3. The van der Waals surface area contributed by atoms with Gasteiger partial charge in [0.15, 0.2) is 5.76 Å². The first kappa shape index (κ1) is 23.3. The monoisotopic (exact) mass is 481 g/mol. The Labute approximate surface area is 189 Å². The highest BCUT2D eigenvalue weighted by atomic mass is 32.2. The third kappa shape index (κ3) is 5.21. The second-order valence-electron chi connectivity index (χ2n) is 7.55. The summed E-state index contributed by atoms with van der Waals surface area (Å²) in [4.78, 5) is 6.17. The number of methoxy groups -OCH3 is 1. The van der Waals surface area contributed by atoms with Crippen LogP contribution in [0.3, 0.4) is 0 Å². The Kier molecular flexibility index (Phi) is 6.46. The van der Waals surface area contributed by atoms with Crippen molar-refractivity contribution >= 4 is 10.0 Å². The van der Waals surface area contributed by atoms with E-state index in [1.54, 1.807) is 13.3 Å². The van der Waals surface area contributed by atoms with Crippen molar-refractivity contribution < 1.29 is 30.7 Å². The lowest BCUT2D eigenvalue weighted by Gasteiger charge is -2.33. The van der Waals surface area contributed by atoms with Crippen LogP contribution in [0.2, 0.25) is 0 Å². The summed E-state index contributed by atoms with van der Waals surface area (Å²) in [5.41, 5.74) is -0.0202. The number of rotatable bonds is 6. The van der Waals surface area contributed by atoms with Crippen LogP contribution in [0.1, 0.15) is 11.5 Å². The van der Waals surface area contributed by atoms with Gasteiger partial charge in [-0.15, -0.1) is 0 Å². The maximum atomic E-state index is 12.8. The van der Waals surface area contributed by atoms with E-state index in [0.29, 0.717) is 31.3 Å². The molecule has 11 heteroatoms. The Morgan fingerprint density at radius 3 is 2.21 bits per heavy atom. The molecule has 0 aliphatic carbocycles. The van der Waals surface area contributed by atoms with Gasteiger partial charge in [0.1, 0.15) is 5.75 Å². The van der Waals surface area contributed by atoms with Gasteiger partial charge in [0, 0.05) is 31.7 Å². The Morgan fingerprint density at radius 2 is 1.64 bits per heavy atom. The van der Waals surface area contributed by atoms with Crippen LogP contribution >= 0.6 is 0 Å². The molecule has 1 aliphatic rings. The van der Waals surface area contributed by atoms with Gasteiger partial charge in [-0.1, -0.05) is 0 Å². The summed E-state index contributed by atoms with van der Waals surface area (Å²) < 4.78 is 76.1. The zero-order valence-corrected chi connectivity index (χ0v) is 18.6. The highest BCUT2D eigenvalue weighted by Crippen LogP contribution is 2.30. The van der Waals surface area contributed by atoms with Gasteiger partial charge in [0.05, 0.1) is 30.3 Å². The van der Waals surface area contributed by atoms with E-state index in [1.165, 1.54) is 4.31 Å². The number of halogens is 3. The molecule has 2 heterocycles. The van der Waals surface area contributed by atoms with E-state index >= 15 is 0 Å². The molecule has 1 saturated heterocycles. The molecule has 0 atom stereocenters. The molecule has 2 aromatic carbocycles. The maximum Gasteiger partial charge on any atom is 0.416 e. The average Bonchev–Trinajstić information content (AvgIpc) is 3.27. The van der Waals surface area contributed by atoms with Crippen molar-refractivity contribution in [2.24, 2.45) is 0 Å². The number of hydrogen-bond donors (Lipinski definition) is 0. The predicted molar refractivity (Wildman–Crippen MR) is 114 cm³/mol. The van der Waals surface area contributed by atoms with Crippen molar-refractivity contribution in [3.05, 3.63) is 66.2 Å². The lowest BCUT2D eigenvalue weighted by Crippen LogP contribution is -2.48. The fourth-order valence-corrected chi connectivity index (χ4v) is 4.98. The van der Waals surface area contributed by atoms with E-state index in [0.717, 1.165) is 35.6 Å². The summed E-state index contributed by atoms with van der Waals surface area (Å²) in [6.45, 7) is 1.75. The van der Waals surface area contributed by atoms with Gasteiger partial charge >= 0.3 is 6.18 Å². The van der Waals surface area contributed by atoms with Gasteiger partial charge in [-0.05, 0) is 48.5 Å². The fourth-order valence-electron chi connectivity index (χ4n) is 3.56. The highest BCUT2D eigenvalue weighted by molar-refractivity contribution is 7.89. The molecule has 176 valence electrons. The molecule has 0 saturated carbocycles. The highest BCUT2D eigenvalue weighted by Gasteiger charge is 2.32. The van der Waals surface area contributed by atoms with Gasteiger partial charge in [-0.3, -0.25) is 4.90 Å². The van der Waals surface area contributed by atoms with Crippen molar-refractivity contribution in [1.82, 2.24) is 14.2 Å². The van der Waals surface area contributed by atoms with Gasteiger partial charge < -0.3 is 9.15 Å². The smallest absolute Gasteiger partial charge is 0.416 e. The van der Waals surface area contributed by atoms with Crippen LogP contribution in [0, 0.1) is 0 Å². The number of nitrogens with zero attached hydrogens (tertiary/aromatic N) is 3. The molecule has 1 fully saturated rings. The van der Waals surface area contributed by atoms with Gasteiger partial charge in [-0.2, -0.15) is 17.5 Å². The van der Waals surface area contributed by atoms with Crippen molar-refractivity contribution in [2.75, 3.05) is 33.3 Å². The summed E-state index contributed by atoms with van der Waals surface area (Å²) >= 11 is 0. The molecule has 0 N–H and O–H groups in total. The van der Waals surface area contributed by atoms with Crippen molar-refractivity contribution in [3.63, 3.8) is 0 Å². The lowest BCUT2D eigenvalue weighted by atomic mass is 10.2. The molecular formula is C22H22F3N3O4S. The predicted octanol–water partition coefficient (Wildman–Crippen LogP) is 3.88. The number of oxazole rings is 1. The minimum absolute atomic E-state index is 0.152. The Balaban J connectivity index is 1.35. The van der Waals surface area contributed by atoms with E-state index in [4.69, 9.17) is 9.15 Å². The first-order valence-corrected chi connectivity index (χ1v) is 11.6. The molecule has 0 spiro atoms. The summed E-state index contributed by atoms with van der Waals surface area (Å²) in [6, 6.07) is 11.0. The number of aromatic nitrogens is 1. The Hall–Kier alpha value is -2.89. The van der Waals surface area contributed by atoms with Gasteiger partial charge in [0.25, 0.3) is 0 Å². The fraction of sp³-hybridized carbons (Fsp3) is 0.318. The second kappa shape index (κ2) is 9.16. The molecule has 33 heavy (non-hydrogen) atoms. The molecule has 0 bridgehead atoms. The SMILES string of the molecule is COc1ccc(-c2cnc(CN3CCN(S(=O)(=O)c4ccc(C(F)(F)F)cc4)CC3)o2)cc1. The minimum Gasteiger partial charge on any atom is -0.497 e. The van der Waals surface area contributed by atoms with Gasteiger partial charge in [0.2, 0.25) is 15.9 Å². The number of piperazine rings is 1. The van der Waals surface area contributed by atoms with E-state index < -0.39 is 21.8 Å². The maximum absolute atomic E-state index is 12.8. The second-order valence-corrected chi connectivity index (χ2v) is 9.49. The normalized spacial score (nSPS) is 16.1. The standard InChI is InChI=1S/C22H22F3N3O4S/c1-31-18-6-2-16(3-7-18)20-14-26-21(32-20)15-27-10-12-28(13-11-27)33(29,30)19-8-4-17(5-9-19)22(23,24)25/h2-9,14H,10-13,15H2,1H3. The largest absolute Gasteiger partial charge is 0.497 e. The Bertz CT molecular complexity index is 1180. The molecule has 1 aliphatic heterocycles. The van der Waals surface area contributed by atoms with Crippen LogP contribution in [0.15, 0.2) is 64.0 Å². The molecule has 0 amide bonds. The topological polar surface area (TPSA) is 75.9 Å². The quantitative estimate of drug-likeness (QED) is 0.532. The van der Waals surface area contributed by atoms with Gasteiger partial charge in [-0.25, -0.2) is 13.4 Å². The number of benzene rings is 2. The number of ether oxygens (including phenoxy) is 1. The minimum atomic E-state index is -4.51. The van der Waals surface area contributed by atoms with Crippen molar-refractivity contribution in [3.8, 4) is 17.1 Å². The van der Waals surface area contributed by atoms with E-state index in [2.05, 4.69) is 4.98 Å². The van der Waals surface area contributed by atoms with Crippen LogP contribution < -0.4 is 4.74 Å². The molecular weight excluding hydrogens is 459 g/mol. The average molecular weight is 481 g/mol. The van der Waals surface area contributed by atoms with E-state index in [1.807, 2.05) is 29.2 Å². The molecule has 7 nitrogen and oxygen atoms in total. The number of sulfonamides is 1. The van der Waals surface area contributed by atoms with Crippen molar-refractivity contribution in [2.45, 2.75) is 17.6 Å². The van der Waals surface area contributed by atoms with Crippen LogP contribution in [0.25, 0.3) is 11.3 Å². The first-order valence-electron chi connectivity index (χ1n) is 10.2. The van der Waals surface area contributed by atoms with Crippen LogP contribution in [0.5, 0.6) is 5.75 Å². The molecule has 0 unspecified atom stereocenters. The van der Waals surface area contributed by atoms with Crippen LogP contribution in [-0.2, 0) is 22.7 Å². The summed E-state index contributed by atoms with van der Waals surface area (Å²) in [5.74, 6) is 1.87. The van der Waals surface area contributed by atoms with Crippen LogP contribution in [-0.4, -0.2) is 55.9 Å². The lowest BCUT2D eigenvalue weighted by molar-refractivity contribution is -0.137. The molecule has 1 aromatic heterocycles. The Morgan fingerprint density at radius 1 is 1.00 bits per heavy atom. The first-order chi connectivity index (χ1) is 15.7. The van der Waals surface area contributed by atoms with E-state index in [9.17, 15) is 21.6 Å². The summed E-state index contributed by atoms with van der Waals surface area (Å²) in [6.07, 6.45) is -2.87. The molecule has 4 rings (SSSR count). The number of hydrogen-bond acceptors (Lipinski definition) is 6. The zero-order chi connectivity index (χ0) is 23.6. The zero-order valence-electron chi connectivity index (χ0n) is 17.7. The molecule has 3 aromatic rings. The third-order valence-electron chi connectivity index (χ3n) is 5.44. The van der Waals surface area contributed by atoms with Crippen molar-refractivity contribution in [1.29, 1.82) is 0 Å². The van der Waals surface area contributed by atoms with Crippen LogP contribution in [0.4, 0.5) is 13.2 Å². The molecule has 0 radical (unpaired) electrons.